The minimum atomic E-state index is -0.957. The number of nitriles is 1. The Labute approximate surface area is 114 Å². The smallest absolute Gasteiger partial charge is 0.335 e. The van der Waals surface area contributed by atoms with Gasteiger partial charge in [0.05, 0.1) is 11.1 Å². The van der Waals surface area contributed by atoms with Crippen molar-refractivity contribution >= 4 is 23.4 Å². The number of carboxylic acid groups (broad SMARTS) is 1. The maximum Gasteiger partial charge on any atom is 0.335 e. The molecule has 94 valence electrons. The van der Waals surface area contributed by atoms with E-state index in [0.717, 1.165) is 9.79 Å². The zero-order valence-corrected chi connectivity index (χ0v) is 10.6. The Morgan fingerprint density at radius 2 is 1.89 bits per heavy atom. The van der Waals surface area contributed by atoms with E-state index in [0.29, 0.717) is 11.3 Å². The van der Waals surface area contributed by atoms with Gasteiger partial charge in [-0.2, -0.15) is 5.26 Å². The normalized spacial score (nSPS) is 9.84. The fourth-order valence-electron chi connectivity index (χ4n) is 1.52. The maximum atomic E-state index is 10.7. The molecule has 0 aliphatic rings. The third-order valence-corrected chi connectivity index (χ3v) is 3.54. The molecule has 0 saturated carbocycles. The highest BCUT2D eigenvalue weighted by Gasteiger charge is 2.06. The van der Waals surface area contributed by atoms with Gasteiger partial charge < -0.3 is 10.8 Å². The van der Waals surface area contributed by atoms with Crippen molar-refractivity contribution in [3.63, 3.8) is 0 Å². The average molecular weight is 270 g/mol. The van der Waals surface area contributed by atoms with E-state index in [1.807, 2.05) is 0 Å². The van der Waals surface area contributed by atoms with Crippen LogP contribution in [0, 0.1) is 11.3 Å². The van der Waals surface area contributed by atoms with E-state index < -0.39 is 5.97 Å². The Kier molecular flexibility index (Phi) is 3.74. The molecule has 0 radical (unpaired) electrons. The monoisotopic (exact) mass is 270 g/mol. The van der Waals surface area contributed by atoms with Gasteiger partial charge in [0.25, 0.3) is 0 Å². The second-order valence-electron chi connectivity index (χ2n) is 3.80. The highest BCUT2D eigenvalue weighted by molar-refractivity contribution is 7.99. The summed E-state index contributed by atoms with van der Waals surface area (Å²) in [7, 11) is 0. The molecule has 19 heavy (non-hydrogen) atoms. The maximum absolute atomic E-state index is 10.7. The summed E-state index contributed by atoms with van der Waals surface area (Å²) in [6.45, 7) is 0. The lowest BCUT2D eigenvalue weighted by atomic mass is 10.2. The van der Waals surface area contributed by atoms with Crippen molar-refractivity contribution in [2.75, 3.05) is 5.73 Å². The van der Waals surface area contributed by atoms with Gasteiger partial charge in [0.1, 0.15) is 6.07 Å². The number of nitrogens with two attached hydrogens (primary N) is 1. The summed E-state index contributed by atoms with van der Waals surface area (Å²) in [5, 5.41) is 17.9. The summed E-state index contributed by atoms with van der Waals surface area (Å²) in [5.74, 6) is -0.957. The first-order valence-electron chi connectivity index (χ1n) is 5.41. The molecule has 0 heterocycles. The van der Waals surface area contributed by atoms with Crippen molar-refractivity contribution in [2.24, 2.45) is 0 Å². The summed E-state index contributed by atoms with van der Waals surface area (Å²) in [6, 6.07) is 13.7. The van der Waals surface area contributed by atoms with Crippen LogP contribution in [0.2, 0.25) is 0 Å². The van der Waals surface area contributed by atoms with E-state index in [1.54, 1.807) is 30.3 Å². The number of carboxylic acids is 1. The lowest BCUT2D eigenvalue weighted by Gasteiger charge is -2.05. The molecule has 2 aromatic rings. The number of anilines is 1. The van der Waals surface area contributed by atoms with Crippen LogP contribution in [-0.2, 0) is 0 Å². The van der Waals surface area contributed by atoms with Gasteiger partial charge in [-0.1, -0.05) is 11.8 Å². The Morgan fingerprint density at radius 1 is 1.21 bits per heavy atom. The van der Waals surface area contributed by atoms with Crippen LogP contribution in [0.1, 0.15) is 15.9 Å². The largest absolute Gasteiger partial charge is 0.478 e. The van der Waals surface area contributed by atoms with E-state index >= 15 is 0 Å². The Balaban J connectivity index is 2.26. The molecule has 2 aromatic carbocycles. The minimum Gasteiger partial charge on any atom is -0.478 e. The SMILES string of the molecule is N#Cc1cc(N)ccc1Sc1ccc(C(=O)O)cc1. The van der Waals surface area contributed by atoms with E-state index in [9.17, 15) is 4.79 Å². The molecular formula is C14H10N2O2S. The fraction of sp³-hybridized carbons (Fsp3) is 0. The molecule has 0 amide bonds. The van der Waals surface area contributed by atoms with Crippen molar-refractivity contribution in [2.45, 2.75) is 9.79 Å². The highest BCUT2D eigenvalue weighted by atomic mass is 32.2. The van der Waals surface area contributed by atoms with E-state index in [2.05, 4.69) is 6.07 Å². The molecule has 0 unspecified atom stereocenters. The Hall–Kier alpha value is -2.45. The number of benzene rings is 2. The van der Waals surface area contributed by atoms with Crippen molar-refractivity contribution in [3.05, 3.63) is 53.6 Å². The first kappa shape index (κ1) is 13.0. The highest BCUT2D eigenvalue weighted by Crippen LogP contribution is 2.31. The van der Waals surface area contributed by atoms with Gasteiger partial charge in [0.15, 0.2) is 0 Å². The molecule has 0 atom stereocenters. The van der Waals surface area contributed by atoms with Gasteiger partial charge in [-0.3, -0.25) is 0 Å². The van der Waals surface area contributed by atoms with Gasteiger partial charge in [-0.15, -0.1) is 0 Å². The Morgan fingerprint density at radius 3 is 2.47 bits per heavy atom. The number of carbonyl (C=O) groups is 1. The number of aromatic carboxylic acids is 1. The minimum absolute atomic E-state index is 0.238. The fourth-order valence-corrected chi connectivity index (χ4v) is 2.39. The lowest BCUT2D eigenvalue weighted by molar-refractivity contribution is 0.0697. The number of nitrogens with zero attached hydrogens (tertiary/aromatic N) is 1. The van der Waals surface area contributed by atoms with Crippen LogP contribution in [0.4, 0.5) is 5.69 Å². The van der Waals surface area contributed by atoms with Crippen LogP contribution in [0.5, 0.6) is 0 Å². The van der Waals surface area contributed by atoms with E-state index in [-0.39, 0.29) is 5.56 Å². The Bertz CT molecular complexity index is 660. The molecular weight excluding hydrogens is 260 g/mol. The summed E-state index contributed by atoms with van der Waals surface area (Å²) in [6.07, 6.45) is 0. The van der Waals surface area contributed by atoms with Gasteiger partial charge >= 0.3 is 5.97 Å². The molecule has 0 aliphatic heterocycles. The summed E-state index contributed by atoms with van der Waals surface area (Å²) in [4.78, 5) is 12.4. The molecule has 5 heteroatoms. The first-order valence-corrected chi connectivity index (χ1v) is 6.22. The molecule has 0 spiro atoms. The van der Waals surface area contributed by atoms with Gasteiger partial charge in [0.2, 0.25) is 0 Å². The van der Waals surface area contributed by atoms with Crippen LogP contribution < -0.4 is 5.73 Å². The molecule has 3 N–H and O–H groups in total. The lowest BCUT2D eigenvalue weighted by Crippen LogP contribution is -1.94. The predicted octanol–water partition coefficient (Wildman–Crippen LogP) is 2.99. The third kappa shape index (κ3) is 3.06. The van der Waals surface area contributed by atoms with Gasteiger partial charge in [-0.25, -0.2) is 4.79 Å². The zero-order chi connectivity index (χ0) is 13.8. The average Bonchev–Trinajstić information content (AvgIpc) is 2.41. The number of rotatable bonds is 3. The zero-order valence-electron chi connectivity index (χ0n) is 9.83. The number of hydrogen-bond acceptors (Lipinski definition) is 4. The topological polar surface area (TPSA) is 87.1 Å². The van der Waals surface area contributed by atoms with Gasteiger partial charge in [-0.05, 0) is 42.5 Å². The molecule has 0 saturated heterocycles. The van der Waals surface area contributed by atoms with Crippen LogP contribution in [0.15, 0.2) is 52.3 Å². The van der Waals surface area contributed by atoms with Crippen molar-refractivity contribution in [3.8, 4) is 6.07 Å². The van der Waals surface area contributed by atoms with E-state index in [1.165, 1.54) is 23.9 Å². The predicted molar refractivity (Wildman–Crippen MR) is 73.1 cm³/mol. The van der Waals surface area contributed by atoms with Crippen LogP contribution in [-0.4, -0.2) is 11.1 Å². The molecule has 0 aromatic heterocycles. The van der Waals surface area contributed by atoms with Gasteiger partial charge in [0, 0.05) is 15.5 Å². The van der Waals surface area contributed by atoms with Crippen LogP contribution in [0.3, 0.4) is 0 Å². The number of hydrogen-bond donors (Lipinski definition) is 2. The van der Waals surface area contributed by atoms with Crippen molar-refractivity contribution < 1.29 is 9.90 Å². The second-order valence-corrected chi connectivity index (χ2v) is 4.91. The van der Waals surface area contributed by atoms with Crippen molar-refractivity contribution in [1.29, 1.82) is 5.26 Å². The molecule has 2 rings (SSSR count). The molecule has 4 nitrogen and oxygen atoms in total. The molecule has 0 fully saturated rings. The molecule has 0 bridgehead atoms. The number of nitrogen functional groups attached to an aromatic ring is 1. The summed E-state index contributed by atoms with van der Waals surface area (Å²) in [5.41, 5.74) is 6.91. The van der Waals surface area contributed by atoms with Crippen molar-refractivity contribution in [1.82, 2.24) is 0 Å². The first-order chi connectivity index (χ1) is 9.10. The summed E-state index contributed by atoms with van der Waals surface area (Å²) < 4.78 is 0. The molecule has 0 aliphatic carbocycles. The van der Waals surface area contributed by atoms with Crippen LogP contribution in [0.25, 0.3) is 0 Å². The third-order valence-electron chi connectivity index (χ3n) is 2.45. The quantitative estimate of drug-likeness (QED) is 0.837. The standard InChI is InChI=1S/C14H10N2O2S/c15-8-10-7-11(16)3-6-13(10)19-12-4-1-9(2-5-12)14(17)18/h1-7H,16H2,(H,17,18). The van der Waals surface area contributed by atoms with Crippen LogP contribution >= 0.6 is 11.8 Å². The second kappa shape index (κ2) is 5.46. The van der Waals surface area contributed by atoms with E-state index in [4.69, 9.17) is 16.1 Å². The summed E-state index contributed by atoms with van der Waals surface area (Å²) >= 11 is 1.40.